The number of rotatable bonds is 8. The number of H-pyrrole nitrogens is 1. The van der Waals surface area contributed by atoms with Gasteiger partial charge >= 0.3 is 0 Å². The second-order valence-corrected chi connectivity index (χ2v) is 9.29. The maximum atomic E-state index is 13.3. The summed E-state index contributed by atoms with van der Waals surface area (Å²) >= 11 is 6.12. The van der Waals surface area contributed by atoms with Crippen molar-refractivity contribution in [1.29, 1.82) is 5.41 Å². The summed E-state index contributed by atoms with van der Waals surface area (Å²) in [5.74, 6) is 0.284. The molecule has 2 heterocycles. The van der Waals surface area contributed by atoms with Gasteiger partial charge < -0.3 is 20.1 Å². The van der Waals surface area contributed by atoms with Crippen molar-refractivity contribution in [2.45, 2.75) is 32.2 Å². The maximum absolute atomic E-state index is 13.3. The number of nitrogens with one attached hydrogen (secondary N) is 3. The third-order valence-corrected chi connectivity index (χ3v) is 6.58. The highest BCUT2D eigenvalue weighted by Gasteiger charge is 2.24. The monoisotopic (exact) mass is 492 g/mol. The average molecular weight is 493 g/mol. The first-order chi connectivity index (χ1) is 16.8. The van der Waals surface area contributed by atoms with Crippen LogP contribution < -0.4 is 5.32 Å². The molecule has 182 valence electrons. The molecule has 35 heavy (non-hydrogen) atoms. The Kier molecular flexibility index (Phi) is 7.21. The van der Waals surface area contributed by atoms with E-state index in [0.29, 0.717) is 34.1 Å². The molecule has 1 unspecified atom stereocenters. The van der Waals surface area contributed by atoms with Crippen LogP contribution in [-0.4, -0.2) is 58.1 Å². The number of likely N-dealkylation sites (tertiary alicyclic amines) is 1. The zero-order valence-corrected chi connectivity index (χ0v) is 20.7. The van der Waals surface area contributed by atoms with Crippen LogP contribution in [0, 0.1) is 12.3 Å². The quantitative estimate of drug-likeness (QED) is 0.313. The van der Waals surface area contributed by atoms with Crippen LogP contribution in [-0.2, 0) is 0 Å². The molecule has 0 bridgehead atoms. The summed E-state index contributed by atoms with van der Waals surface area (Å²) in [6.07, 6.45) is 3.56. The molecule has 1 aliphatic rings. The van der Waals surface area contributed by atoms with Crippen molar-refractivity contribution in [2.24, 2.45) is 0 Å². The van der Waals surface area contributed by atoms with Gasteiger partial charge in [-0.05, 0) is 61.7 Å². The molecule has 1 fully saturated rings. The first kappa shape index (κ1) is 24.5. The molecular weight excluding hydrogens is 464 g/mol. The fraction of sp³-hybridized carbons (Fsp3) is 0.308. The van der Waals surface area contributed by atoms with Gasteiger partial charge in [0.25, 0.3) is 11.8 Å². The van der Waals surface area contributed by atoms with Gasteiger partial charge in [0, 0.05) is 48.4 Å². The van der Waals surface area contributed by atoms with Crippen LogP contribution >= 0.6 is 11.6 Å². The molecule has 1 aromatic heterocycles. The molecule has 8 nitrogen and oxygen atoms in total. The lowest BCUT2D eigenvalue weighted by Crippen LogP contribution is -2.31. The number of aromatic nitrogens is 2. The van der Waals surface area contributed by atoms with E-state index in [9.17, 15) is 9.59 Å². The lowest BCUT2D eigenvalue weighted by molar-refractivity contribution is 0.0791. The minimum absolute atomic E-state index is 0.0109. The minimum Gasteiger partial charge on any atom is -0.342 e. The van der Waals surface area contributed by atoms with Gasteiger partial charge in [0.1, 0.15) is 5.82 Å². The van der Waals surface area contributed by atoms with Crippen molar-refractivity contribution in [1.82, 2.24) is 25.1 Å². The molecule has 3 N–H and O–H groups in total. The summed E-state index contributed by atoms with van der Waals surface area (Å²) in [4.78, 5) is 37.4. The third-order valence-electron chi connectivity index (χ3n) is 6.34. The number of carbonyl (C=O) groups excluding carboxylic acids is 2. The van der Waals surface area contributed by atoms with Crippen molar-refractivity contribution in [2.75, 3.05) is 20.1 Å². The van der Waals surface area contributed by atoms with Crippen LogP contribution in [0.5, 0.6) is 0 Å². The van der Waals surface area contributed by atoms with Crippen LogP contribution in [0.25, 0.3) is 11.0 Å². The highest BCUT2D eigenvalue weighted by molar-refractivity contribution is 6.31. The number of fused-ring (bicyclic) bond motifs is 1. The van der Waals surface area contributed by atoms with Crippen LogP contribution in [0.1, 0.15) is 57.4 Å². The lowest BCUT2D eigenvalue weighted by Gasteiger charge is -2.22. The molecule has 2 amide bonds. The molecular formula is C26H29ClN6O2. The van der Waals surface area contributed by atoms with Crippen molar-refractivity contribution in [3.8, 4) is 0 Å². The van der Waals surface area contributed by atoms with Gasteiger partial charge in [-0.15, -0.1) is 0 Å². The number of halogens is 1. The van der Waals surface area contributed by atoms with E-state index in [2.05, 4.69) is 21.9 Å². The van der Waals surface area contributed by atoms with E-state index in [1.165, 1.54) is 6.34 Å². The number of benzene rings is 2. The largest absolute Gasteiger partial charge is 0.342 e. The number of nitrogens with zero attached hydrogens (tertiary/aromatic N) is 3. The van der Waals surface area contributed by atoms with Crippen LogP contribution in [0.15, 0.2) is 48.7 Å². The second kappa shape index (κ2) is 10.3. The SMILES string of the molecule is C=C(CC(NC(=O)c1ccc(C(=O)N2CCCC2)c(C)c1)c1nc2ccc(Cl)cc2[nH]1)N(C)C=N. The first-order valence-electron chi connectivity index (χ1n) is 11.5. The Labute approximate surface area is 209 Å². The lowest BCUT2D eigenvalue weighted by atomic mass is 10.0. The zero-order valence-electron chi connectivity index (χ0n) is 19.9. The van der Waals surface area contributed by atoms with E-state index in [4.69, 9.17) is 17.0 Å². The van der Waals surface area contributed by atoms with E-state index in [1.807, 2.05) is 17.9 Å². The molecule has 0 radical (unpaired) electrons. The zero-order chi connectivity index (χ0) is 25.1. The van der Waals surface area contributed by atoms with Crippen LogP contribution in [0.3, 0.4) is 0 Å². The summed E-state index contributed by atoms with van der Waals surface area (Å²) < 4.78 is 0. The van der Waals surface area contributed by atoms with Gasteiger partial charge in [-0.1, -0.05) is 18.2 Å². The summed E-state index contributed by atoms with van der Waals surface area (Å²) in [7, 11) is 1.73. The van der Waals surface area contributed by atoms with E-state index >= 15 is 0 Å². The summed E-state index contributed by atoms with van der Waals surface area (Å²) in [5.41, 5.74) is 3.98. The number of amides is 2. The van der Waals surface area contributed by atoms with Gasteiger partial charge in [0.15, 0.2) is 0 Å². The molecule has 3 aromatic rings. The second-order valence-electron chi connectivity index (χ2n) is 8.85. The molecule has 4 rings (SSSR count). The number of hydrogen-bond acceptors (Lipinski definition) is 4. The van der Waals surface area contributed by atoms with Crippen molar-refractivity contribution >= 4 is 40.8 Å². The molecule has 2 aromatic carbocycles. The first-order valence-corrected chi connectivity index (χ1v) is 11.9. The highest BCUT2D eigenvalue weighted by Crippen LogP contribution is 2.25. The number of hydrogen-bond donors (Lipinski definition) is 3. The van der Waals surface area contributed by atoms with Crippen molar-refractivity contribution in [3.05, 3.63) is 76.2 Å². The number of imidazole rings is 1. The average Bonchev–Trinajstić information content (AvgIpc) is 3.52. The van der Waals surface area contributed by atoms with Gasteiger partial charge in [0.2, 0.25) is 0 Å². The van der Waals surface area contributed by atoms with Gasteiger partial charge in [-0.25, -0.2) is 4.98 Å². The van der Waals surface area contributed by atoms with Gasteiger partial charge in [-0.3, -0.25) is 15.0 Å². The van der Waals surface area contributed by atoms with Gasteiger partial charge in [0.05, 0.1) is 23.4 Å². The van der Waals surface area contributed by atoms with Crippen molar-refractivity contribution < 1.29 is 9.59 Å². The molecule has 0 aliphatic carbocycles. The summed E-state index contributed by atoms with van der Waals surface area (Å²) in [5, 5.41) is 11.1. The minimum atomic E-state index is -0.519. The molecule has 0 saturated carbocycles. The van der Waals surface area contributed by atoms with E-state index < -0.39 is 6.04 Å². The third kappa shape index (κ3) is 5.38. The number of carbonyl (C=O) groups is 2. The Balaban J connectivity index is 1.58. The number of aryl methyl sites for hydroxylation is 1. The Morgan fingerprint density at radius 1 is 1.29 bits per heavy atom. The van der Waals surface area contributed by atoms with Crippen LogP contribution in [0.2, 0.25) is 5.02 Å². The molecule has 1 aliphatic heterocycles. The standard InChI is InChI=1S/C26H29ClN6O2/c1-16-12-18(6-8-20(16)26(35)33-10-4-5-11-33)25(34)31-23(13-17(2)32(3)15-28)24-29-21-9-7-19(27)14-22(21)30-24/h6-9,12,14-15,23,28H,2,4-5,10-11,13H2,1,3H3,(H,29,30)(H,31,34). The summed E-state index contributed by atoms with van der Waals surface area (Å²) in [6.45, 7) is 7.44. The predicted octanol–water partition coefficient (Wildman–Crippen LogP) is 4.67. The Morgan fingerprint density at radius 3 is 2.71 bits per heavy atom. The topological polar surface area (TPSA) is 105 Å². The highest BCUT2D eigenvalue weighted by atomic mass is 35.5. The molecule has 9 heteroatoms. The Morgan fingerprint density at radius 2 is 2.03 bits per heavy atom. The molecule has 1 atom stereocenters. The van der Waals surface area contributed by atoms with Crippen LogP contribution in [0.4, 0.5) is 0 Å². The van der Waals surface area contributed by atoms with E-state index in [1.54, 1.807) is 42.3 Å². The van der Waals surface area contributed by atoms with Gasteiger partial charge in [-0.2, -0.15) is 0 Å². The predicted molar refractivity (Wildman–Crippen MR) is 138 cm³/mol. The maximum Gasteiger partial charge on any atom is 0.254 e. The molecule has 0 spiro atoms. The summed E-state index contributed by atoms with van der Waals surface area (Å²) in [6, 6.07) is 9.99. The molecule has 1 saturated heterocycles. The number of aromatic amines is 1. The Hall–Kier alpha value is -3.65. The normalized spacial score (nSPS) is 14.1. The van der Waals surface area contributed by atoms with E-state index in [-0.39, 0.29) is 11.8 Å². The fourth-order valence-electron chi connectivity index (χ4n) is 4.23. The van der Waals surface area contributed by atoms with E-state index in [0.717, 1.165) is 42.5 Å². The smallest absolute Gasteiger partial charge is 0.254 e. The Bertz CT molecular complexity index is 1290. The fourth-order valence-corrected chi connectivity index (χ4v) is 4.40. The van der Waals surface area contributed by atoms with Crippen molar-refractivity contribution in [3.63, 3.8) is 0 Å².